The highest BCUT2D eigenvalue weighted by molar-refractivity contribution is 5.66. The van der Waals surface area contributed by atoms with Gasteiger partial charge in [0, 0.05) is 0 Å². The van der Waals surface area contributed by atoms with Crippen LogP contribution in [0.2, 0.25) is 0 Å². The van der Waals surface area contributed by atoms with Crippen molar-refractivity contribution in [2.75, 3.05) is 7.11 Å². The molecule has 0 spiro atoms. The zero-order valence-corrected chi connectivity index (χ0v) is 22.3. The van der Waals surface area contributed by atoms with Gasteiger partial charge in [0.05, 0.1) is 35.5 Å². The van der Waals surface area contributed by atoms with E-state index in [4.69, 9.17) is 24.3 Å². The molecule has 0 amide bonds. The fourth-order valence-electron chi connectivity index (χ4n) is 5.14. The summed E-state index contributed by atoms with van der Waals surface area (Å²) in [5.41, 5.74) is 6.41. The monoisotopic (exact) mass is 530 g/mol. The van der Waals surface area contributed by atoms with E-state index in [1.165, 1.54) is 5.56 Å². The van der Waals surface area contributed by atoms with Crippen LogP contribution in [0.4, 0.5) is 0 Å². The maximum absolute atomic E-state index is 6.49. The van der Waals surface area contributed by atoms with Crippen molar-refractivity contribution in [1.29, 1.82) is 0 Å². The smallest absolute Gasteiger partial charge is 0.230 e. The Kier molecular flexibility index (Phi) is 5.70. The minimum Gasteiger partial charge on any atom is -0.497 e. The van der Waals surface area contributed by atoms with Gasteiger partial charge in [0.15, 0.2) is 11.5 Å². The highest BCUT2D eigenvalue weighted by atomic mass is 16.5. The molecule has 0 unspecified atom stereocenters. The molecule has 3 aromatic carbocycles. The number of para-hydroxylation sites is 1. The predicted molar refractivity (Wildman–Crippen MR) is 149 cm³/mol. The topological polar surface area (TPSA) is 88.6 Å². The van der Waals surface area contributed by atoms with Gasteiger partial charge in [-0.15, -0.1) is 5.10 Å². The summed E-state index contributed by atoms with van der Waals surface area (Å²) in [5.74, 6) is 2.95. The van der Waals surface area contributed by atoms with E-state index in [0.717, 1.165) is 39.6 Å². The summed E-state index contributed by atoms with van der Waals surface area (Å²) in [7, 11) is 1.66. The number of hydrogen-bond donors (Lipinski definition) is 0. The van der Waals surface area contributed by atoms with Crippen LogP contribution in [-0.4, -0.2) is 36.5 Å². The van der Waals surface area contributed by atoms with Gasteiger partial charge in [0.2, 0.25) is 11.8 Å². The van der Waals surface area contributed by atoms with Gasteiger partial charge in [0.25, 0.3) is 0 Å². The molecule has 6 aromatic rings. The fraction of sp³-hybridized carbons (Fsp3) is 0.161. The zero-order chi connectivity index (χ0) is 27.2. The second kappa shape index (κ2) is 9.53. The lowest BCUT2D eigenvalue weighted by Crippen LogP contribution is -2.16. The van der Waals surface area contributed by atoms with E-state index in [1.807, 2.05) is 85.3 Å². The Morgan fingerprint density at radius 2 is 1.60 bits per heavy atom. The number of fused-ring (bicyclic) bond motifs is 4. The first-order chi connectivity index (χ1) is 19.6. The lowest BCUT2D eigenvalue weighted by atomic mass is 9.84. The van der Waals surface area contributed by atoms with E-state index in [9.17, 15) is 0 Å². The number of rotatable bonds is 6. The molecule has 4 heterocycles. The molecule has 0 fully saturated rings. The molecule has 0 bridgehead atoms. The van der Waals surface area contributed by atoms with Crippen molar-refractivity contribution < 1.29 is 14.2 Å². The number of methoxy groups -OCH3 is 1. The molecule has 0 aliphatic carbocycles. The third kappa shape index (κ3) is 4.03. The van der Waals surface area contributed by atoms with Crippen LogP contribution in [0, 0.1) is 13.8 Å². The molecule has 0 radical (unpaired) electrons. The average molecular weight is 531 g/mol. The molecule has 7 rings (SSSR count). The molecule has 1 aliphatic heterocycles. The number of ether oxygens (including phenoxy) is 3. The van der Waals surface area contributed by atoms with Crippen LogP contribution >= 0.6 is 0 Å². The van der Waals surface area contributed by atoms with E-state index in [1.54, 1.807) is 18.0 Å². The standard InChI is InChI=1S/C31H26N6O3/c1-19-9-13-24(14-10-19)39-17-25-33-29-28-27(21-11-15-23(38-3)16-12-21)26-20(2)34-37(22-7-5-4-6-8-22)31(26)40-30(28)32-18-36(29)35-25/h4-16,18,27H,17H2,1-3H3/t27-/m0/s1. The van der Waals surface area contributed by atoms with Crippen LogP contribution in [0.1, 0.15) is 39.7 Å². The molecular formula is C31H26N6O3. The summed E-state index contributed by atoms with van der Waals surface area (Å²) in [6.45, 7) is 4.27. The first-order valence-electron chi connectivity index (χ1n) is 13.0. The summed E-state index contributed by atoms with van der Waals surface area (Å²) in [6.07, 6.45) is 1.63. The number of nitrogens with zero attached hydrogens (tertiary/aromatic N) is 6. The van der Waals surface area contributed by atoms with Gasteiger partial charge in [-0.25, -0.2) is 19.2 Å². The number of benzene rings is 3. The van der Waals surface area contributed by atoms with Gasteiger partial charge in [-0.1, -0.05) is 48.0 Å². The molecule has 1 atom stereocenters. The maximum atomic E-state index is 6.49. The molecule has 9 nitrogen and oxygen atoms in total. The summed E-state index contributed by atoms with van der Waals surface area (Å²) in [6, 6.07) is 25.9. The van der Waals surface area contributed by atoms with Gasteiger partial charge in [-0.2, -0.15) is 5.10 Å². The summed E-state index contributed by atoms with van der Waals surface area (Å²) in [5, 5.41) is 9.55. The van der Waals surface area contributed by atoms with Gasteiger partial charge >= 0.3 is 0 Å². The highest BCUT2D eigenvalue weighted by Crippen LogP contribution is 2.49. The van der Waals surface area contributed by atoms with Crippen molar-refractivity contribution >= 4 is 5.65 Å². The lowest BCUT2D eigenvalue weighted by molar-refractivity contribution is 0.296. The summed E-state index contributed by atoms with van der Waals surface area (Å²) >= 11 is 0. The second-order valence-electron chi connectivity index (χ2n) is 9.72. The van der Waals surface area contributed by atoms with E-state index < -0.39 is 0 Å². The van der Waals surface area contributed by atoms with Crippen molar-refractivity contribution in [3.63, 3.8) is 0 Å². The van der Waals surface area contributed by atoms with Crippen LogP contribution in [0.3, 0.4) is 0 Å². The lowest BCUT2D eigenvalue weighted by Gasteiger charge is -2.26. The molecule has 1 aliphatic rings. The minimum absolute atomic E-state index is 0.226. The third-order valence-corrected chi connectivity index (χ3v) is 7.10. The summed E-state index contributed by atoms with van der Waals surface area (Å²) < 4.78 is 21.4. The van der Waals surface area contributed by atoms with E-state index >= 15 is 0 Å². The Hall–Kier alpha value is -5.18. The molecular weight excluding hydrogens is 504 g/mol. The average Bonchev–Trinajstić information content (AvgIpc) is 3.57. The van der Waals surface area contributed by atoms with Crippen LogP contribution in [0.15, 0.2) is 85.2 Å². The van der Waals surface area contributed by atoms with Crippen molar-refractivity contribution in [1.82, 2.24) is 29.4 Å². The first-order valence-corrected chi connectivity index (χ1v) is 13.0. The minimum atomic E-state index is -0.242. The van der Waals surface area contributed by atoms with Crippen molar-refractivity contribution in [2.24, 2.45) is 0 Å². The van der Waals surface area contributed by atoms with Crippen molar-refractivity contribution in [3.05, 3.63) is 119 Å². The Morgan fingerprint density at radius 1 is 0.850 bits per heavy atom. The van der Waals surface area contributed by atoms with Crippen LogP contribution < -0.4 is 14.2 Å². The van der Waals surface area contributed by atoms with Gasteiger partial charge < -0.3 is 14.2 Å². The van der Waals surface area contributed by atoms with E-state index in [-0.39, 0.29) is 12.5 Å². The van der Waals surface area contributed by atoms with Gasteiger partial charge in [-0.3, -0.25) is 0 Å². The van der Waals surface area contributed by atoms with E-state index in [0.29, 0.717) is 23.2 Å². The third-order valence-electron chi connectivity index (χ3n) is 7.10. The Morgan fingerprint density at radius 3 is 2.35 bits per heavy atom. The molecule has 9 heteroatoms. The summed E-state index contributed by atoms with van der Waals surface area (Å²) in [4.78, 5) is 9.56. The molecule has 0 saturated carbocycles. The quantitative estimate of drug-likeness (QED) is 0.268. The number of aryl methyl sites for hydroxylation is 2. The Balaban J connectivity index is 1.36. The molecule has 0 N–H and O–H groups in total. The zero-order valence-electron chi connectivity index (χ0n) is 22.3. The SMILES string of the molecule is COc1ccc([C@H]2c3c(C)nn(-c4ccccc4)c3Oc3ncn4nc(COc5ccc(C)cc5)nc4c32)cc1. The highest BCUT2D eigenvalue weighted by Gasteiger charge is 2.38. The molecule has 0 saturated heterocycles. The number of aromatic nitrogens is 6. The maximum Gasteiger partial charge on any atom is 0.230 e. The molecule has 3 aromatic heterocycles. The Bertz CT molecular complexity index is 1830. The van der Waals surface area contributed by atoms with Gasteiger partial charge in [-0.05, 0) is 55.8 Å². The predicted octanol–water partition coefficient (Wildman–Crippen LogP) is 5.80. The Labute approximate surface area is 230 Å². The number of hydrogen-bond acceptors (Lipinski definition) is 7. The fourth-order valence-corrected chi connectivity index (χ4v) is 5.14. The van der Waals surface area contributed by atoms with Gasteiger partial charge in [0.1, 0.15) is 24.4 Å². The normalized spacial score (nSPS) is 13.9. The van der Waals surface area contributed by atoms with Crippen molar-refractivity contribution in [3.8, 4) is 28.9 Å². The first kappa shape index (κ1) is 23.9. The van der Waals surface area contributed by atoms with Crippen LogP contribution in [0.5, 0.6) is 23.3 Å². The van der Waals surface area contributed by atoms with E-state index in [2.05, 4.69) is 22.2 Å². The van der Waals surface area contributed by atoms with Crippen LogP contribution in [-0.2, 0) is 6.61 Å². The molecule has 40 heavy (non-hydrogen) atoms. The van der Waals surface area contributed by atoms with Crippen molar-refractivity contribution in [2.45, 2.75) is 26.4 Å². The molecule has 198 valence electrons. The second-order valence-corrected chi connectivity index (χ2v) is 9.72. The van der Waals surface area contributed by atoms with Crippen LogP contribution in [0.25, 0.3) is 11.3 Å². The largest absolute Gasteiger partial charge is 0.497 e.